The standard InChI is InChI=1S/C29H25F4N3O2S.C2H6.2CH2O/c1-28(2,3)27-35-34-26(38-27)21-14-23-24(15-22(21)30)39-13-12-25(37)36(23)16-17-4-6-18(7-5-17)19-8-10-20(11-9-19)29(31,32)33;3*1-2/h4-11,14-15H,12-13,16H2,1-3H3;1-2H3;2*1H2. The van der Waals surface area contributed by atoms with E-state index >= 15 is 4.39 Å². The maximum Gasteiger partial charge on any atom is 0.416 e. The van der Waals surface area contributed by atoms with Crippen LogP contribution >= 0.6 is 11.8 Å². The SMILES string of the molecule is C=O.C=O.CC.CC(C)(C)c1nnc(-c2cc3c(cc2F)SCCC(=O)N3Cc2ccc(-c3ccc(C(F)(F)F)cc3)cc2)o1. The third-order valence-electron chi connectivity index (χ3n) is 6.35. The molecule has 0 N–H and O–H groups in total. The van der Waals surface area contributed by atoms with Crippen molar-refractivity contribution in [2.24, 2.45) is 0 Å². The Balaban J connectivity index is 0.00000111. The smallest absolute Gasteiger partial charge is 0.416 e. The van der Waals surface area contributed by atoms with Gasteiger partial charge in [-0.1, -0.05) is 71.0 Å². The molecule has 0 fully saturated rings. The third-order valence-corrected chi connectivity index (χ3v) is 7.40. The Bertz CT molecular complexity index is 1550. The fourth-order valence-corrected chi connectivity index (χ4v) is 5.20. The number of rotatable bonds is 4. The second-order valence-electron chi connectivity index (χ2n) is 10.3. The molecule has 4 aromatic rings. The predicted octanol–water partition coefficient (Wildman–Crippen LogP) is 8.54. The molecule has 45 heavy (non-hydrogen) atoms. The Labute approximate surface area is 264 Å². The molecule has 3 aromatic carbocycles. The van der Waals surface area contributed by atoms with Crippen LogP contribution in [0, 0.1) is 5.82 Å². The summed E-state index contributed by atoms with van der Waals surface area (Å²) in [6.07, 6.45) is -4.10. The summed E-state index contributed by atoms with van der Waals surface area (Å²) in [4.78, 5) is 31.4. The molecular weight excluding hydrogens is 610 g/mol. The van der Waals surface area contributed by atoms with Gasteiger partial charge in [-0.3, -0.25) is 4.79 Å². The van der Waals surface area contributed by atoms with Crippen molar-refractivity contribution >= 4 is 36.9 Å². The van der Waals surface area contributed by atoms with Crippen molar-refractivity contribution < 1.29 is 36.4 Å². The second kappa shape index (κ2) is 16.1. The number of anilines is 1. The summed E-state index contributed by atoms with van der Waals surface area (Å²) in [6, 6.07) is 15.2. The van der Waals surface area contributed by atoms with Crippen molar-refractivity contribution in [1.29, 1.82) is 0 Å². The van der Waals surface area contributed by atoms with Gasteiger partial charge in [-0.15, -0.1) is 22.0 Å². The molecule has 0 unspecified atom stereocenters. The average Bonchev–Trinajstić information content (AvgIpc) is 3.49. The van der Waals surface area contributed by atoms with Crippen LogP contribution in [0.5, 0.6) is 0 Å². The monoisotopic (exact) mass is 645 g/mol. The zero-order chi connectivity index (χ0) is 33.9. The lowest BCUT2D eigenvalue weighted by atomic mass is 9.97. The summed E-state index contributed by atoms with van der Waals surface area (Å²) in [5, 5.41) is 8.10. The van der Waals surface area contributed by atoms with Crippen LogP contribution in [0.4, 0.5) is 23.2 Å². The number of hydrogen-bond donors (Lipinski definition) is 0. The van der Waals surface area contributed by atoms with E-state index in [1.54, 1.807) is 23.1 Å². The summed E-state index contributed by atoms with van der Waals surface area (Å²) >= 11 is 1.41. The minimum atomic E-state index is -4.39. The van der Waals surface area contributed by atoms with Crippen molar-refractivity contribution in [2.45, 2.75) is 64.1 Å². The fourth-order valence-electron chi connectivity index (χ4n) is 4.20. The van der Waals surface area contributed by atoms with Crippen LogP contribution < -0.4 is 4.90 Å². The number of carbonyl (C=O) groups is 3. The zero-order valence-corrected chi connectivity index (χ0v) is 26.5. The van der Waals surface area contributed by atoms with Gasteiger partial charge < -0.3 is 18.9 Å². The van der Waals surface area contributed by atoms with Gasteiger partial charge in [0.25, 0.3) is 5.89 Å². The van der Waals surface area contributed by atoms with Crippen molar-refractivity contribution in [1.82, 2.24) is 10.2 Å². The molecule has 1 aliphatic heterocycles. The van der Waals surface area contributed by atoms with Gasteiger partial charge in [-0.25, -0.2) is 4.39 Å². The van der Waals surface area contributed by atoms with Crippen LogP contribution in [0.1, 0.15) is 58.1 Å². The quantitative estimate of drug-likeness (QED) is 0.205. The molecule has 0 spiro atoms. The van der Waals surface area contributed by atoms with Crippen LogP contribution in [0.15, 0.2) is 70.0 Å². The molecule has 0 saturated heterocycles. The zero-order valence-electron chi connectivity index (χ0n) is 25.7. The first kappa shape index (κ1) is 36.9. The molecule has 0 aliphatic carbocycles. The lowest BCUT2D eigenvalue weighted by Crippen LogP contribution is -2.30. The number of alkyl halides is 3. The Kier molecular flexibility index (Phi) is 13.2. The number of carbonyl (C=O) groups excluding carboxylic acids is 3. The van der Waals surface area contributed by atoms with Crippen molar-refractivity contribution in [3.63, 3.8) is 0 Å². The molecule has 0 saturated carbocycles. The summed E-state index contributed by atoms with van der Waals surface area (Å²) < 4.78 is 59.6. The fraction of sp³-hybridized carbons (Fsp3) is 0.303. The van der Waals surface area contributed by atoms with Crippen LogP contribution in [0.2, 0.25) is 0 Å². The van der Waals surface area contributed by atoms with E-state index in [9.17, 15) is 18.0 Å². The van der Waals surface area contributed by atoms with Gasteiger partial charge in [0.1, 0.15) is 19.4 Å². The highest BCUT2D eigenvalue weighted by atomic mass is 32.2. The second-order valence-corrected chi connectivity index (χ2v) is 11.4. The van der Waals surface area contributed by atoms with Gasteiger partial charge in [0, 0.05) is 22.5 Å². The van der Waals surface area contributed by atoms with Gasteiger partial charge in [-0.2, -0.15) is 13.2 Å². The minimum Gasteiger partial charge on any atom is -0.420 e. The number of benzene rings is 3. The highest BCUT2D eigenvalue weighted by Gasteiger charge is 2.30. The minimum absolute atomic E-state index is 0.0442. The van der Waals surface area contributed by atoms with Gasteiger partial charge in [-0.05, 0) is 41.0 Å². The molecule has 1 amide bonds. The molecular formula is C33H35F4N3O4S. The van der Waals surface area contributed by atoms with Gasteiger partial charge in [0.2, 0.25) is 11.8 Å². The summed E-state index contributed by atoms with van der Waals surface area (Å²) in [6.45, 7) is 14.0. The number of fused-ring (bicyclic) bond motifs is 1. The van der Waals surface area contributed by atoms with E-state index in [1.807, 2.05) is 60.3 Å². The number of aromatic nitrogens is 2. The summed E-state index contributed by atoms with van der Waals surface area (Å²) in [5.41, 5.74) is 1.78. The Morgan fingerprint density at radius 1 is 0.889 bits per heavy atom. The lowest BCUT2D eigenvalue weighted by molar-refractivity contribution is -0.137. The Morgan fingerprint density at radius 2 is 1.44 bits per heavy atom. The van der Waals surface area contributed by atoms with E-state index in [0.29, 0.717) is 27.8 Å². The van der Waals surface area contributed by atoms with Crippen LogP contribution in [-0.2, 0) is 32.5 Å². The molecule has 2 heterocycles. The van der Waals surface area contributed by atoms with Crippen molar-refractivity contribution in [3.8, 4) is 22.6 Å². The topological polar surface area (TPSA) is 93.4 Å². The molecule has 0 bridgehead atoms. The van der Waals surface area contributed by atoms with Gasteiger partial charge >= 0.3 is 6.18 Å². The highest BCUT2D eigenvalue weighted by Crippen LogP contribution is 2.40. The molecule has 7 nitrogen and oxygen atoms in total. The largest absolute Gasteiger partial charge is 0.420 e. The van der Waals surface area contributed by atoms with E-state index < -0.39 is 23.0 Å². The van der Waals surface area contributed by atoms with E-state index in [4.69, 9.17) is 14.0 Å². The number of nitrogens with zero attached hydrogens (tertiary/aromatic N) is 3. The number of hydrogen-bond acceptors (Lipinski definition) is 7. The van der Waals surface area contributed by atoms with Crippen molar-refractivity contribution in [2.75, 3.05) is 10.7 Å². The molecule has 5 rings (SSSR count). The maximum absolute atomic E-state index is 15.1. The molecule has 0 atom stereocenters. The van der Waals surface area contributed by atoms with Crippen molar-refractivity contribution in [3.05, 3.63) is 83.5 Å². The first-order chi connectivity index (χ1) is 21.4. The number of thioether (sulfide) groups is 1. The Hall–Kier alpha value is -4.32. The number of amides is 1. The maximum atomic E-state index is 15.1. The van der Waals surface area contributed by atoms with E-state index in [2.05, 4.69) is 10.2 Å². The first-order valence-electron chi connectivity index (χ1n) is 13.9. The highest BCUT2D eigenvalue weighted by molar-refractivity contribution is 7.99. The first-order valence-corrected chi connectivity index (χ1v) is 14.8. The van der Waals surface area contributed by atoms with Gasteiger partial charge in [0.05, 0.1) is 23.4 Å². The summed E-state index contributed by atoms with van der Waals surface area (Å²) in [7, 11) is 0. The molecule has 0 radical (unpaired) electrons. The molecule has 1 aliphatic rings. The van der Waals surface area contributed by atoms with Crippen LogP contribution in [-0.4, -0.2) is 35.4 Å². The third kappa shape index (κ3) is 9.10. The molecule has 240 valence electrons. The van der Waals surface area contributed by atoms with Crippen LogP contribution in [0.25, 0.3) is 22.6 Å². The Morgan fingerprint density at radius 3 is 1.96 bits per heavy atom. The van der Waals surface area contributed by atoms with E-state index in [0.717, 1.165) is 23.3 Å². The van der Waals surface area contributed by atoms with Crippen LogP contribution in [0.3, 0.4) is 0 Å². The normalized spacial score (nSPS) is 12.7. The van der Waals surface area contributed by atoms with Gasteiger partial charge in [0.15, 0.2) is 0 Å². The van der Waals surface area contributed by atoms with E-state index in [-0.39, 0.29) is 30.3 Å². The number of halogens is 4. The lowest BCUT2D eigenvalue weighted by Gasteiger charge is -2.23. The average molecular weight is 646 g/mol. The van der Waals surface area contributed by atoms with E-state index in [1.165, 1.54) is 30.0 Å². The summed E-state index contributed by atoms with van der Waals surface area (Å²) in [5.74, 6) is 0.319. The molecule has 1 aromatic heterocycles. The predicted molar refractivity (Wildman–Crippen MR) is 167 cm³/mol. The molecule has 12 heteroatoms.